The molecule has 1 aliphatic rings. The molecule has 0 aromatic heterocycles. The van der Waals surface area contributed by atoms with Crippen LogP contribution in [0.5, 0.6) is 0 Å². The summed E-state index contributed by atoms with van der Waals surface area (Å²) in [5.41, 5.74) is 4.58. The van der Waals surface area contributed by atoms with Crippen molar-refractivity contribution in [3.8, 4) is 0 Å². The minimum absolute atomic E-state index is 0.944. The maximum absolute atomic E-state index is 3.84. The van der Waals surface area contributed by atoms with Gasteiger partial charge in [0.05, 0.1) is 0 Å². The van der Waals surface area contributed by atoms with Crippen molar-refractivity contribution < 1.29 is 0 Å². The fourth-order valence-electron chi connectivity index (χ4n) is 2.56. The molecule has 0 N–H and O–H groups in total. The van der Waals surface area contributed by atoms with Crippen molar-refractivity contribution in [3.63, 3.8) is 0 Å². The molecule has 0 nitrogen and oxygen atoms in total. The molecule has 1 aliphatic carbocycles. The van der Waals surface area contributed by atoms with Gasteiger partial charge in [0, 0.05) is 4.48 Å². The van der Waals surface area contributed by atoms with Crippen LogP contribution in [0.2, 0.25) is 0 Å². The van der Waals surface area contributed by atoms with Gasteiger partial charge in [0.25, 0.3) is 0 Å². The normalized spacial score (nSPS) is 21.3. The Bertz CT molecular complexity index is 489. The topological polar surface area (TPSA) is 0 Å². The van der Waals surface area contributed by atoms with Gasteiger partial charge in [0.1, 0.15) is 0 Å². The zero-order chi connectivity index (χ0) is 18.3. The lowest BCUT2D eigenvalue weighted by atomic mass is 9.94. The minimum Gasteiger partial charge on any atom is -0.0981 e. The standard InChI is InChI=1S/C21H36BrP3/c1-4-7-12-23-15-18-10-11-21(22)20(17-25-14-9-6-3)19(18)16-24-13-8-5-2/h11,15-17,23-25H,4-10,12-14H2,1-3H3. The van der Waals surface area contributed by atoms with Gasteiger partial charge in [-0.15, -0.1) is 0 Å². The lowest BCUT2D eigenvalue weighted by molar-refractivity contribution is 0.895. The molecule has 0 bridgehead atoms. The first kappa shape index (κ1) is 23.8. The molecule has 3 atom stereocenters. The summed E-state index contributed by atoms with van der Waals surface area (Å²) in [6, 6.07) is 0. The summed E-state index contributed by atoms with van der Waals surface area (Å²) in [7, 11) is 2.88. The molecule has 1 rings (SSSR count). The number of allylic oxidation sites excluding steroid dienone is 5. The Labute approximate surface area is 170 Å². The Balaban J connectivity index is 2.91. The van der Waals surface area contributed by atoms with Crippen molar-refractivity contribution in [1.82, 2.24) is 0 Å². The van der Waals surface area contributed by atoms with Crippen LogP contribution in [0.4, 0.5) is 0 Å². The summed E-state index contributed by atoms with van der Waals surface area (Å²) in [4.78, 5) is 0. The van der Waals surface area contributed by atoms with Crippen LogP contribution >= 0.6 is 41.7 Å². The first-order chi connectivity index (χ1) is 12.2. The molecule has 4 heteroatoms. The molecular formula is C21H36BrP3. The van der Waals surface area contributed by atoms with E-state index in [0.717, 1.165) is 32.2 Å². The molecule has 0 aromatic carbocycles. The summed E-state index contributed by atoms with van der Waals surface area (Å²) < 4.78 is 1.32. The predicted octanol–water partition coefficient (Wildman–Crippen LogP) is 8.76. The highest BCUT2D eigenvalue weighted by atomic mass is 79.9. The van der Waals surface area contributed by atoms with Crippen molar-refractivity contribution in [2.75, 3.05) is 18.5 Å². The molecule has 0 aliphatic heterocycles. The SMILES string of the molecule is CCCCPC=C1CC=C(Br)C(=CPCCCC)C1=CPCCCC. The Hall–Kier alpha value is 0.730. The maximum atomic E-state index is 3.84. The highest BCUT2D eigenvalue weighted by Crippen LogP contribution is 2.42. The minimum atomic E-state index is 0.944. The van der Waals surface area contributed by atoms with Crippen molar-refractivity contribution in [1.29, 1.82) is 0 Å². The molecule has 0 saturated carbocycles. The van der Waals surface area contributed by atoms with Gasteiger partial charge >= 0.3 is 0 Å². The second-order valence-electron chi connectivity index (χ2n) is 6.46. The second-order valence-corrected chi connectivity index (χ2v) is 10.9. The lowest BCUT2D eigenvalue weighted by Crippen LogP contribution is -2.00. The molecule has 0 saturated heterocycles. The molecule has 142 valence electrons. The van der Waals surface area contributed by atoms with Gasteiger partial charge in [-0.1, -0.05) is 105 Å². The summed E-state index contributed by atoms with van der Waals surface area (Å²) in [6.07, 6.45) is 15.5. The van der Waals surface area contributed by atoms with E-state index in [1.165, 1.54) is 72.6 Å². The first-order valence-electron chi connectivity index (χ1n) is 9.90. The van der Waals surface area contributed by atoms with E-state index in [-0.39, 0.29) is 0 Å². The smallest absolute Gasteiger partial charge is 0.0217 e. The van der Waals surface area contributed by atoms with Crippen LogP contribution < -0.4 is 0 Å². The molecule has 0 amide bonds. The lowest BCUT2D eigenvalue weighted by Gasteiger charge is -2.21. The predicted molar refractivity (Wildman–Crippen MR) is 130 cm³/mol. The largest absolute Gasteiger partial charge is 0.0981 e. The quantitative estimate of drug-likeness (QED) is 0.201. The highest BCUT2D eigenvalue weighted by molar-refractivity contribution is 9.12. The van der Waals surface area contributed by atoms with Gasteiger partial charge in [-0.3, -0.25) is 0 Å². The number of rotatable bonds is 12. The van der Waals surface area contributed by atoms with Crippen molar-refractivity contribution in [2.45, 2.75) is 65.7 Å². The third-order valence-electron chi connectivity index (χ3n) is 4.19. The molecular weight excluding hydrogens is 425 g/mol. The highest BCUT2D eigenvalue weighted by Gasteiger charge is 2.17. The zero-order valence-corrected chi connectivity index (χ0v) is 20.8. The summed E-state index contributed by atoms with van der Waals surface area (Å²) in [6.45, 7) is 6.86. The van der Waals surface area contributed by atoms with E-state index in [9.17, 15) is 0 Å². The van der Waals surface area contributed by atoms with Gasteiger partial charge in [-0.25, -0.2) is 0 Å². The molecule has 0 heterocycles. The second kappa shape index (κ2) is 15.8. The Morgan fingerprint density at radius 3 is 1.80 bits per heavy atom. The Morgan fingerprint density at radius 2 is 1.28 bits per heavy atom. The van der Waals surface area contributed by atoms with Gasteiger partial charge in [0.15, 0.2) is 0 Å². The van der Waals surface area contributed by atoms with E-state index >= 15 is 0 Å². The van der Waals surface area contributed by atoms with E-state index in [2.05, 4.69) is 60.2 Å². The number of hydrogen-bond acceptors (Lipinski definition) is 0. The average Bonchev–Trinajstić information content (AvgIpc) is 2.62. The van der Waals surface area contributed by atoms with E-state index in [1.54, 1.807) is 5.57 Å². The summed E-state index contributed by atoms with van der Waals surface area (Å²) in [5, 5.41) is 0. The Kier molecular flexibility index (Phi) is 15.0. The van der Waals surface area contributed by atoms with E-state index in [0.29, 0.717) is 0 Å². The van der Waals surface area contributed by atoms with Crippen molar-refractivity contribution in [2.24, 2.45) is 0 Å². The van der Waals surface area contributed by atoms with Crippen LogP contribution in [0.1, 0.15) is 65.7 Å². The molecule has 0 spiro atoms. The maximum Gasteiger partial charge on any atom is 0.0217 e. The third-order valence-corrected chi connectivity index (χ3v) is 8.40. The summed E-state index contributed by atoms with van der Waals surface area (Å²) in [5.74, 6) is 7.61. The number of hydrogen-bond donors (Lipinski definition) is 0. The Morgan fingerprint density at radius 1 is 0.800 bits per heavy atom. The molecule has 25 heavy (non-hydrogen) atoms. The molecule has 3 unspecified atom stereocenters. The van der Waals surface area contributed by atoms with Crippen LogP contribution in [0.25, 0.3) is 0 Å². The monoisotopic (exact) mass is 460 g/mol. The van der Waals surface area contributed by atoms with Gasteiger partial charge < -0.3 is 0 Å². The van der Waals surface area contributed by atoms with Crippen LogP contribution in [-0.2, 0) is 0 Å². The fraction of sp³-hybridized carbons (Fsp3) is 0.619. The van der Waals surface area contributed by atoms with E-state index in [4.69, 9.17) is 0 Å². The fourth-order valence-corrected chi connectivity index (χ4v) is 6.94. The van der Waals surface area contributed by atoms with Gasteiger partial charge in [0.2, 0.25) is 0 Å². The average molecular weight is 461 g/mol. The summed E-state index contributed by atoms with van der Waals surface area (Å²) >= 11 is 3.84. The number of halogens is 1. The van der Waals surface area contributed by atoms with Crippen molar-refractivity contribution in [3.05, 3.63) is 44.7 Å². The molecule has 0 radical (unpaired) electrons. The molecule has 0 fully saturated rings. The zero-order valence-electron chi connectivity index (χ0n) is 16.3. The molecule has 0 aromatic rings. The van der Waals surface area contributed by atoms with Crippen LogP contribution in [-0.4, -0.2) is 18.5 Å². The van der Waals surface area contributed by atoms with Crippen LogP contribution in [0.15, 0.2) is 44.7 Å². The van der Waals surface area contributed by atoms with E-state index < -0.39 is 0 Å². The van der Waals surface area contributed by atoms with Crippen LogP contribution in [0, 0.1) is 0 Å². The number of unbranched alkanes of at least 4 members (excludes halogenated alkanes) is 3. The van der Waals surface area contributed by atoms with Crippen LogP contribution in [0.3, 0.4) is 0 Å². The third kappa shape index (κ3) is 10.0. The van der Waals surface area contributed by atoms with Crippen molar-refractivity contribution >= 4 is 41.7 Å². The van der Waals surface area contributed by atoms with Gasteiger partial charge in [-0.05, 0) is 60.9 Å². The van der Waals surface area contributed by atoms with Gasteiger partial charge in [-0.2, -0.15) is 0 Å². The first-order valence-corrected chi connectivity index (χ1v) is 14.5. The van der Waals surface area contributed by atoms with E-state index in [1.807, 2.05) is 0 Å².